The predicted molar refractivity (Wildman–Crippen MR) is 177 cm³/mol. The monoisotopic (exact) mass is 607 g/mol. The summed E-state index contributed by atoms with van der Waals surface area (Å²) in [5, 5.41) is 5.28. The molecule has 0 unspecified atom stereocenters. The summed E-state index contributed by atoms with van der Waals surface area (Å²) in [5.74, 6) is -0.748. The van der Waals surface area contributed by atoms with Gasteiger partial charge in [0.05, 0.1) is 6.54 Å². The van der Waals surface area contributed by atoms with Crippen molar-refractivity contribution in [3.05, 3.63) is 115 Å². The zero-order valence-corrected chi connectivity index (χ0v) is 25.6. The van der Waals surface area contributed by atoms with Gasteiger partial charge in [0, 0.05) is 42.4 Å². The molecule has 10 nitrogen and oxygen atoms in total. The lowest BCUT2D eigenvalue weighted by molar-refractivity contribution is -0.121. The quantitative estimate of drug-likeness (QED) is 0.229. The highest BCUT2D eigenvalue weighted by molar-refractivity contribution is 6.05. The fourth-order valence-corrected chi connectivity index (χ4v) is 4.58. The number of benzene rings is 4. The van der Waals surface area contributed by atoms with Crippen molar-refractivity contribution in [2.24, 2.45) is 0 Å². The van der Waals surface area contributed by atoms with Crippen LogP contribution in [0.25, 0.3) is 0 Å². The molecule has 2 N–H and O–H groups in total. The van der Waals surface area contributed by atoms with Crippen LogP contribution in [0.4, 0.5) is 27.5 Å². The van der Waals surface area contributed by atoms with Crippen molar-refractivity contribution in [3.63, 3.8) is 0 Å². The number of anilines is 4. The number of rotatable bonds is 12. The normalized spacial score (nSPS) is 10.4. The first-order valence-electron chi connectivity index (χ1n) is 14.6. The van der Waals surface area contributed by atoms with Gasteiger partial charge in [0.15, 0.2) is 6.61 Å². The van der Waals surface area contributed by atoms with E-state index in [1.807, 2.05) is 80.6 Å². The van der Waals surface area contributed by atoms with Crippen LogP contribution in [-0.4, -0.2) is 57.0 Å². The number of likely N-dealkylation sites (N-methyl/N-ethyl adjacent to an activating group) is 2. The summed E-state index contributed by atoms with van der Waals surface area (Å²) >= 11 is 0. The first kappa shape index (κ1) is 32.3. The van der Waals surface area contributed by atoms with Crippen LogP contribution in [-0.2, 0) is 14.4 Å². The molecule has 232 valence electrons. The third kappa shape index (κ3) is 9.17. The van der Waals surface area contributed by atoms with Gasteiger partial charge in [-0.3, -0.25) is 14.4 Å². The van der Waals surface area contributed by atoms with Crippen LogP contribution in [0, 0.1) is 6.92 Å². The van der Waals surface area contributed by atoms with E-state index in [0.717, 1.165) is 11.3 Å². The number of hydrogen-bond acceptors (Lipinski definition) is 5. The highest BCUT2D eigenvalue weighted by atomic mass is 16.5. The summed E-state index contributed by atoms with van der Waals surface area (Å²) in [6, 6.07) is 31.7. The van der Waals surface area contributed by atoms with Crippen molar-refractivity contribution in [2.45, 2.75) is 13.8 Å². The van der Waals surface area contributed by atoms with Gasteiger partial charge in [0.1, 0.15) is 12.3 Å². The Labute approximate surface area is 263 Å². The topological polar surface area (TPSA) is 111 Å². The van der Waals surface area contributed by atoms with Gasteiger partial charge >= 0.3 is 6.03 Å². The molecule has 4 aromatic rings. The number of amides is 5. The molecule has 4 rings (SSSR count). The average Bonchev–Trinajstić information content (AvgIpc) is 3.06. The maximum absolute atomic E-state index is 13.5. The molecule has 45 heavy (non-hydrogen) atoms. The summed E-state index contributed by atoms with van der Waals surface area (Å²) < 4.78 is 5.83. The van der Waals surface area contributed by atoms with Gasteiger partial charge in [0.25, 0.3) is 5.91 Å². The fraction of sp³-hybridized carbons (Fsp3) is 0.200. The minimum absolute atomic E-state index is 0.226. The standard InChI is InChI=1S/C35H37N5O5/c1-4-39(29-17-9-6-10-18-29)34(43)25-45-31-20-12-19-30(22-31)40(24-33(42)38(3)28-15-7-5-8-16-28)32(41)23-36-35(44)37-27-14-11-13-26(2)21-27/h5-22H,4,23-25H2,1-3H3,(H2,36,37,44). The Morgan fingerprint density at radius 2 is 1.33 bits per heavy atom. The lowest BCUT2D eigenvalue weighted by Crippen LogP contribution is -2.46. The van der Waals surface area contributed by atoms with Gasteiger partial charge in [-0.15, -0.1) is 0 Å². The summed E-state index contributed by atoms with van der Waals surface area (Å²) in [6.07, 6.45) is 0. The van der Waals surface area contributed by atoms with E-state index in [1.165, 1.54) is 9.80 Å². The van der Waals surface area contributed by atoms with Crippen molar-refractivity contribution < 1.29 is 23.9 Å². The first-order chi connectivity index (χ1) is 21.7. The van der Waals surface area contributed by atoms with Gasteiger partial charge in [-0.2, -0.15) is 0 Å². The number of ether oxygens (including phenoxy) is 1. The van der Waals surface area contributed by atoms with Crippen molar-refractivity contribution in [1.29, 1.82) is 0 Å². The number of para-hydroxylation sites is 2. The van der Waals surface area contributed by atoms with E-state index in [4.69, 9.17) is 4.74 Å². The Balaban J connectivity index is 1.48. The minimum atomic E-state index is -0.559. The van der Waals surface area contributed by atoms with E-state index < -0.39 is 11.9 Å². The number of nitrogens with zero attached hydrogens (tertiary/aromatic N) is 3. The van der Waals surface area contributed by atoms with Crippen molar-refractivity contribution in [1.82, 2.24) is 5.32 Å². The Morgan fingerprint density at radius 1 is 0.689 bits per heavy atom. The first-order valence-corrected chi connectivity index (χ1v) is 14.6. The Morgan fingerprint density at radius 3 is 2.00 bits per heavy atom. The molecular weight excluding hydrogens is 570 g/mol. The zero-order valence-electron chi connectivity index (χ0n) is 25.6. The number of aryl methyl sites for hydroxylation is 1. The van der Waals surface area contributed by atoms with Crippen LogP contribution in [0.15, 0.2) is 109 Å². The molecule has 5 amide bonds. The Hall–Kier alpha value is -5.64. The van der Waals surface area contributed by atoms with Crippen LogP contribution in [0.1, 0.15) is 12.5 Å². The SMILES string of the molecule is CCN(C(=O)COc1cccc(N(CC(=O)N(C)c2ccccc2)C(=O)CNC(=O)Nc2cccc(C)c2)c1)c1ccccc1. The molecule has 0 aliphatic heterocycles. The smallest absolute Gasteiger partial charge is 0.319 e. The molecule has 0 atom stereocenters. The van der Waals surface area contributed by atoms with Gasteiger partial charge in [-0.1, -0.05) is 54.6 Å². The van der Waals surface area contributed by atoms with E-state index in [-0.39, 0.29) is 31.5 Å². The molecule has 0 aliphatic carbocycles. The van der Waals surface area contributed by atoms with Crippen molar-refractivity contribution in [2.75, 3.05) is 53.3 Å². The average molecular weight is 608 g/mol. The molecule has 0 spiro atoms. The second kappa shape index (κ2) is 15.7. The Kier molecular flexibility index (Phi) is 11.3. The molecule has 0 fully saturated rings. The lowest BCUT2D eigenvalue weighted by atomic mass is 10.2. The number of nitrogens with one attached hydrogen (secondary N) is 2. The van der Waals surface area contributed by atoms with E-state index in [2.05, 4.69) is 10.6 Å². The van der Waals surface area contributed by atoms with Crippen LogP contribution in [0.5, 0.6) is 5.75 Å². The van der Waals surface area contributed by atoms with Crippen LogP contribution in [0.2, 0.25) is 0 Å². The number of carbonyl (C=O) groups is 4. The third-order valence-electron chi connectivity index (χ3n) is 6.96. The molecule has 10 heteroatoms. The van der Waals surface area contributed by atoms with E-state index in [9.17, 15) is 19.2 Å². The molecule has 0 radical (unpaired) electrons. The highest BCUT2D eigenvalue weighted by Crippen LogP contribution is 2.23. The van der Waals surface area contributed by atoms with E-state index in [1.54, 1.807) is 54.4 Å². The maximum Gasteiger partial charge on any atom is 0.319 e. The molecule has 0 saturated heterocycles. The van der Waals surface area contributed by atoms with E-state index >= 15 is 0 Å². The third-order valence-corrected chi connectivity index (χ3v) is 6.96. The molecule has 0 heterocycles. The van der Waals surface area contributed by atoms with Crippen LogP contribution < -0.4 is 30.1 Å². The maximum atomic E-state index is 13.5. The fourth-order valence-electron chi connectivity index (χ4n) is 4.58. The predicted octanol–water partition coefficient (Wildman–Crippen LogP) is 5.24. The van der Waals surface area contributed by atoms with Gasteiger partial charge in [-0.05, 0) is 67.9 Å². The largest absolute Gasteiger partial charge is 0.484 e. The molecule has 0 aromatic heterocycles. The zero-order chi connectivity index (χ0) is 32.2. The van der Waals surface area contributed by atoms with E-state index in [0.29, 0.717) is 29.4 Å². The number of hydrogen-bond donors (Lipinski definition) is 2. The summed E-state index contributed by atoms with van der Waals surface area (Å²) in [7, 11) is 1.63. The number of urea groups is 1. The second-order valence-corrected chi connectivity index (χ2v) is 10.2. The van der Waals surface area contributed by atoms with Crippen molar-refractivity contribution in [3.8, 4) is 5.75 Å². The Bertz CT molecular complexity index is 1610. The highest BCUT2D eigenvalue weighted by Gasteiger charge is 2.23. The molecule has 0 bridgehead atoms. The van der Waals surface area contributed by atoms with Crippen LogP contribution in [0.3, 0.4) is 0 Å². The summed E-state index contributed by atoms with van der Waals surface area (Å²) in [6.45, 7) is 3.36. The van der Waals surface area contributed by atoms with Crippen molar-refractivity contribution >= 4 is 46.5 Å². The second-order valence-electron chi connectivity index (χ2n) is 10.2. The molecular formula is C35H37N5O5. The number of carbonyl (C=O) groups excluding carboxylic acids is 4. The van der Waals surface area contributed by atoms with Gasteiger partial charge < -0.3 is 30.1 Å². The van der Waals surface area contributed by atoms with Gasteiger partial charge in [0.2, 0.25) is 11.8 Å². The lowest BCUT2D eigenvalue weighted by Gasteiger charge is -2.26. The molecule has 0 aliphatic rings. The summed E-state index contributed by atoms with van der Waals surface area (Å²) in [4.78, 5) is 56.8. The van der Waals surface area contributed by atoms with Crippen LogP contribution >= 0.6 is 0 Å². The minimum Gasteiger partial charge on any atom is -0.484 e. The molecule has 4 aromatic carbocycles. The van der Waals surface area contributed by atoms with Gasteiger partial charge in [-0.25, -0.2) is 4.79 Å². The molecule has 0 saturated carbocycles. The summed E-state index contributed by atoms with van der Waals surface area (Å²) in [5.41, 5.74) is 3.36.